The number of aromatic nitrogens is 2. The van der Waals surface area contributed by atoms with E-state index in [1.54, 1.807) is 36.8 Å². The van der Waals surface area contributed by atoms with Gasteiger partial charge in [0.1, 0.15) is 11.3 Å². The molecule has 158 valence electrons. The van der Waals surface area contributed by atoms with E-state index >= 15 is 0 Å². The van der Waals surface area contributed by atoms with Crippen LogP contribution in [0.15, 0.2) is 36.5 Å². The highest BCUT2D eigenvalue weighted by Crippen LogP contribution is 2.29. The van der Waals surface area contributed by atoms with E-state index in [4.69, 9.17) is 9.47 Å². The molecule has 0 saturated heterocycles. The molecule has 2 N–H and O–H groups in total. The van der Waals surface area contributed by atoms with Gasteiger partial charge in [0.2, 0.25) is 5.91 Å². The first kappa shape index (κ1) is 21.2. The van der Waals surface area contributed by atoms with E-state index in [9.17, 15) is 9.59 Å². The summed E-state index contributed by atoms with van der Waals surface area (Å²) in [4.78, 5) is 29.3. The van der Waals surface area contributed by atoms with Crippen LogP contribution in [0.3, 0.4) is 0 Å². The molecular weight excluding hydrogens is 384 g/mol. The van der Waals surface area contributed by atoms with Crippen LogP contribution >= 0.6 is 0 Å². The van der Waals surface area contributed by atoms with Crippen molar-refractivity contribution in [1.29, 1.82) is 0 Å². The third-order valence-electron chi connectivity index (χ3n) is 4.77. The van der Waals surface area contributed by atoms with Crippen molar-refractivity contribution >= 4 is 23.1 Å². The highest BCUT2D eigenvalue weighted by molar-refractivity contribution is 5.95. The Balaban J connectivity index is 1.52. The molecule has 0 fully saturated rings. The number of fused-ring (bicyclic) bond motifs is 1. The van der Waals surface area contributed by atoms with E-state index in [0.29, 0.717) is 41.5 Å². The Morgan fingerprint density at radius 3 is 2.60 bits per heavy atom. The Labute approximate surface area is 175 Å². The summed E-state index contributed by atoms with van der Waals surface area (Å²) in [7, 11) is 3.10. The van der Waals surface area contributed by atoms with Crippen LogP contribution in [0.1, 0.15) is 34.6 Å². The van der Waals surface area contributed by atoms with Crippen molar-refractivity contribution in [2.45, 2.75) is 26.7 Å². The molecule has 0 atom stereocenters. The van der Waals surface area contributed by atoms with Gasteiger partial charge in [0.05, 0.1) is 19.9 Å². The zero-order valence-electron chi connectivity index (χ0n) is 17.6. The summed E-state index contributed by atoms with van der Waals surface area (Å²) in [5.74, 6) is 0.793. The highest BCUT2D eigenvalue weighted by Gasteiger charge is 2.17. The lowest BCUT2D eigenvalue weighted by molar-refractivity contribution is -0.116. The molecule has 8 nitrogen and oxygen atoms in total. The molecule has 30 heavy (non-hydrogen) atoms. The number of amides is 2. The molecule has 0 radical (unpaired) electrons. The van der Waals surface area contributed by atoms with Gasteiger partial charge in [-0.05, 0) is 44.0 Å². The molecule has 0 spiro atoms. The Hall–Kier alpha value is -3.55. The fourth-order valence-corrected chi connectivity index (χ4v) is 3.26. The molecule has 3 aromatic rings. The number of carbonyl (C=O) groups excluding carboxylic acids is 2. The van der Waals surface area contributed by atoms with Crippen LogP contribution in [-0.4, -0.2) is 42.0 Å². The second kappa shape index (κ2) is 9.30. The van der Waals surface area contributed by atoms with E-state index in [-0.39, 0.29) is 18.2 Å². The van der Waals surface area contributed by atoms with E-state index in [2.05, 4.69) is 15.6 Å². The average Bonchev–Trinajstić information content (AvgIpc) is 3.08. The zero-order chi connectivity index (χ0) is 21.7. The van der Waals surface area contributed by atoms with Crippen LogP contribution in [-0.2, 0) is 4.79 Å². The SMILES string of the molecule is COc1ccc(NC(=O)CCCNC(=O)c2c(C)nc3c(C)cccn23)cc1OC. The van der Waals surface area contributed by atoms with E-state index in [0.717, 1.165) is 11.2 Å². The van der Waals surface area contributed by atoms with Crippen molar-refractivity contribution < 1.29 is 19.1 Å². The summed E-state index contributed by atoms with van der Waals surface area (Å²) in [6.07, 6.45) is 2.62. The number of nitrogens with zero attached hydrogens (tertiary/aromatic N) is 2. The fraction of sp³-hybridized carbons (Fsp3) is 0.318. The van der Waals surface area contributed by atoms with Gasteiger partial charge in [0.15, 0.2) is 11.5 Å². The molecule has 0 aliphatic rings. The topological polar surface area (TPSA) is 94.0 Å². The van der Waals surface area contributed by atoms with Crippen LogP contribution in [0.5, 0.6) is 11.5 Å². The first-order valence-electron chi connectivity index (χ1n) is 9.69. The number of imidazole rings is 1. The minimum Gasteiger partial charge on any atom is -0.493 e. The molecule has 0 saturated carbocycles. The van der Waals surface area contributed by atoms with Crippen molar-refractivity contribution in [3.05, 3.63) is 53.5 Å². The quantitative estimate of drug-likeness (QED) is 0.557. The van der Waals surface area contributed by atoms with Gasteiger partial charge < -0.3 is 20.1 Å². The zero-order valence-corrected chi connectivity index (χ0v) is 17.6. The second-order valence-corrected chi connectivity index (χ2v) is 6.91. The molecule has 0 bridgehead atoms. The molecule has 0 aliphatic carbocycles. The normalized spacial score (nSPS) is 10.7. The summed E-state index contributed by atoms with van der Waals surface area (Å²) in [5.41, 5.74) is 3.59. The lowest BCUT2D eigenvalue weighted by Gasteiger charge is -2.11. The maximum Gasteiger partial charge on any atom is 0.270 e. The Morgan fingerprint density at radius 1 is 1.10 bits per heavy atom. The first-order valence-corrected chi connectivity index (χ1v) is 9.69. The van der Waals surface area contributed by atoms with Gasteiger partial charge in [-0.25, -0.2) is 4.98 Å². The number of rotatable bonds is 8. The molecule has 8 heteroatoms. The van der Waals surface area contributed by atoms with Crippen LogP contribution in [0.4, 0.5) is 5.69 Å². The van der Waals surface area contributed by atoms with Gasteiger partial charge in [0.25, 0.3) is 5.91 Å². The molecule has 2 amide bonds. The number of nitrogens with one attached hydrogen (secondary N) is 2. The maximum absolute atomic E-state index is 12.6. The van der Waals surface area contributed by atoms with Crippen LogP contribution in [0, 0.1) is 13.8 Å². The maximum atomic E-state index is 12.6. The number of benzene rings is 1. The molecule has 0 unspecified atom stereocenters. The molecule has 1 aromatic carbocycles. The summed E-state index contributed by atoms with van der Waals surface area (Å²) < 4.78 is 12.2. The molecule has 2 aromatic heterocycles. The van der Waals surface area contributed by atoms with Crippen LogP contribution in [0.2, 0.25) is 0 Å². The fourth-order valence-electron chi connectivity index (χ4n) is 3.26. The van der Waals surface area contributed by atoms with Crippen molar-refractivity contribution in [2.24, 2.45) is 0 Å². The summed E-state index contributed by atoms with van der Waals surface area (Å²) in [5, 5.41) is 5.70. The molecule has 0 aliphatic heterocycles. The number of pyridine rings is 1. The smallest absolute Gasteiger partial charge is 0.270 e. The Kier molecular flexibility index (Phi) is 6.56. The standard InChI is InChI=1S/C22H26N4O4/c1-14-7-6-12-26-20(15(2)24-21(14)26)22(28)23-11-5-8-19(27)25-16-9-10-17(29-3)18(13-16)30-4/h6-7,9-10,12-13H,5,8,11H2,1-4H3,(H,23,28)(H,25,27). The second-order valence-electron chi connectivity index (χ2n) is 6.91. The largest absolute Gasteiger partial charge is 0.493 e. The summed E-state index contributed by atoms with van der Waals surface area (Å²) in [6.45, 7) is 4.16. The molecule has 3 rings (SSSR count). The van der Waals surface area contributed by atoms with Crippen LogP contribution < -0.4 is 20.1 Å². The Morgan fingerprint density at radius 2 is 1.87 bits per heavy atom. The number of hydrogen-bond acceptors (Lipinski definition) is 5. The first-order chi connectivity index (χ1) is 14.4. The summed E-state index contributed by atoms with van der Waals surface area (Å²) in [6, 6.07) is 9.03. The van der Waals surface area contributed by atoms with Gasteiger partial charge >= 0.3 is 0 Å². The minimum absolute atomic E-state index is 0.141. The third-order valence-corrected chi connectivity index (χ3v) is 4.77. The number of ether oxygens (including phenoxy) is 2. The van der Waals surface area contributed by atoms with Crippen molar-refractivity contribution in [3.63, 3.8) is 0 Å². The number of hydrogen-bond donors (Lipinski definition) is 2. The number of methoxy groups -OCH3 is 2. The molecule has 2 heterocycles. The lowest BCUT2D eigenvalue weighted by Crippen LogP contribution is -2.27. The van der Waals surface area contributed by atoms with Crippen molar-refractivity contribution in [2.75, 3.05) is 26.1 Å². The predicted molar refractivity (Wildman–Crippen MR) is 114 cm³/mol. The van der Waals surface area contributed by atoms with Gasteiger partial charge in [-0.3, -0.25) is 14.0 Å². The lowest BCUT2D eigenvalue weighted by atomic mass is 10.2. The van der Waals surface area contributed by atoms with Gasteiger partial charge in [-0.2, -0.15) is 0 Å². The third kappa shape index (κ3) is 4.53. The summed E-state index contributed by atoms with van der Waals surface area (Å²) >= 11 is 0. The van der Waals surface area contributed by atoms with Crippen LogP contribution in [0.25, 0.3) is 5.65 Å². The van der Waals surface area contributed by atoms with Gasteiger partial charge in [0, 0.05) is 30.9 Å². The minimum atomic E-state index is -0.203. The number of carbonyl (C=O) groups is 2. The van der Waals surface area contributed by atoms with Crippen molar-refractivity contribution in [1.82, 2.24) is 14.7 Å². The number of aryl methyl sites for hydroxylation is 2. The average molecular weight is 410 g/mol. The monoisotopic (exact) mass is 410 g/mol. The predicted octanol–water partition coefficient (Wildman–Crippen LogP) is 3.12. The van der Waals surface area contributed by atoms with E-state index in [1.165, 1.54) is 0 Å². The van der Waals surface area contributed by atoms with Crippen molar-refractivity contribution in [3.8, 4) is 11.5 Å². The van der Waals surface area contributed by atoms with Gasteiger partial charge in [-0.1, -0.05) is 6.07 Å². The van der Waals surface area contributed by atoms with E-state index in [1.807, 2.05) is 32.2 Å². The van der Waals surface area contributed by atoms with Gasteiger partial charge in [-0.15, -0.1) is 0 Å². The highest BCUT2D eigenvalue weighted by atomic mass is 16.5. The molecular formula is C22H26N4O4. The van der Waals surface area contributed by atoms with E-state index < -0.39 is 0 Å². The Bertz CT molecular complexity index is 1070. The number of anilines is 1.